The van der Waals surface area contributed by atoms with Gasteiger partial charge in [0.05, 0.1) is 11.8 Å². The van der Waals surface area contributed by atoms with Crippen molar-refractivity contribution in [1.29, 1.82) is 0 Å². The second kappa shape index (κ2) is 5.01. The van der Waals surface area contributed by atoms with Crippen LogP contribution in [-0.2, 0) is 6.42 Å². The van der Waals surface area contributed by atoms with Gasteiger partial charge in [-0.15, -0.1) is 5.10 Å². The molecule has 6 nitrogen and oxygen atoms in total. The molecule has 1 aliphatic heterocycles. The average molecular weight is 289 g/mol. The number of nitrogens with zero attached hydrogens (tertiary/aromatic N) is 3. The fraction of sp³-hybridized carbons (Fsp3) is 0.231. The van der Waals surface area contributed by atoms with Crippen molar-refractivity contribution in [3.63, 3.8) is 0 Å². The van der Waals surface area contributed by atoms with Gasteiger partial charge in [-0.2, -0.15) is 0 Å². The van der Waals surface area contributed by atoms with E-state index >= 15 is 0 Å². The Balaban J connectivity index is 1.98. The molecule has 0 saturated heterocycles. The highest BCUT2D eigenvalue weighted by molar-refractivity contribution is 7.07. The first kappa shape index (κ1) is 12.7. The van der Waals surface area contributed by atoms with Gasteiger partial charge in [0, 0.05) is 12.2 Å². The van der Waals surface area contributed by atoms with Crippen LogP contribution in [0.25, 0.3) is 0 Å². The summed E-state index contributed by atoms with van der Waals surface area (Å²) in [5.74, 6) is -1.09. The molecule has 1 N–H and O–H groups in total. The number of rotatable bonds is 2. The van der Waals surface area contributed by atoms with Gasteiger partial charge in [0.15, 0.2) is 0 Å². The van der Waals surface area contributed by atoms with Crippen LogP contribution >= 0.6 is 11.5 Å². The van der Waals surface area contributed by atoms with Gasteiger partial charge in [-0.25, -0.2) is 4.79 Å². The van der Waals surface area contributed by atoms with Crippen molar-refractivity contribution in [2.24, 2.45) is 0 Å². The molecule has 0 saturated carbocycles. The number of aromatic nitrogens is 2. The van der Waals surface area contributed by atoms with Crippen molar-refractivity contribution in [2.45, 2.75) is 12.8 Å². The van der Waals surface area contributed by atoms with Gasteiger partial charge in [0.2, 0.25) is 0 Å². The average Bonchev–Trinajstić information content (AvgIpc) is 2.99. The van der Waals surface area contributed by atoms with Gasteiger partial charge in [-0.3, -0.25) is 4.79 Å². The maximum Gasteiger partial charge on any atom is 0.335 e. The Hall–Kier alpha value is -2.28. The molecule has 3 rings (SSSR count). The van der Waals surface area contributed by atoms with Crippen LogP contribution in [0.1, 0.15) is 32.0 Å². The smallest absolute Gasteiger partial charge is 0.335 e. The number of carboxylic acid groups (broad SMARTS) is 1. The summed E-state index contributed by atoms with van der Waals surface area (Å²) in [6, 6.07) is 4.87. The number of carbonyl (C=O) groups excluding carboxylic acids is 1. The van der Waals surface area contributed by atoms with Crippen molar-refractivity contribution < 1.29 is 14.7 Å². The normalized spacial score (nSPS) is 13.9. The minimum absolute atomic E-state index is 0.135. The van der Waals surface area contributed by atoms with E-state index in [2.05, 4.69) is 9.59 Å². The van der Waals surface area contributed by atoms with Gasteiger partial charge in [0.25, 0.3) is 5.91 Å². The number of aromatic carboxylic acids is 1. The Morgan fingerprint density at radius 3 is 2.90 bits per heavy atom. The molecule has 1 aromatic heterocycles. The maximum atomic E-state index is 12.4. The van der Waals surface area contributed by atoms with E-state index in [1.165, 1.54) is 12.3 Å². The van der Waals surface area contributed by atoms with E-state index in [1.807, 2.05) is 0 Å². The van der Waals surface area contributed by atoms with Gasteiger partial charge < -0.3 is 10.0 Å². The quantitative estimate of drug-likeness (QED) is 0.911. The van der Waals surface area contributed by atoms with Crippen LogP contribution in [0.5, 0.6) is 0 Å². The number of amides is 1. The third-order valence-electron chi connectivity index (χ3n) is 3.26. The zero-order valence-electron chi connectivity index (χ0n) is 10.4. The number of carbonyl (C=O) groups is 2. The van der Waals surface area contributed by atoms with E-state index < -0.39 is 5.97 Å². The second-order valence-corrected chi connectivity index (χ2v) is 5.28. The summed E-state index contributed by atoms with van der Waals surface area (Å²) in [7, 11) is 0. The summed E-state index contributed by atoms with van der Waals surface area (Å²) < 4.78 is 3.70. The lowest BCUT2D eigenvalue weighted by Gasteiger charge is -2.29. The molecule has 1 aromatic carbocycles. The first-order valence-electron chi connectivity index (χ1n) is 6.12. The monoisotopic (exact) mass is 289 g/mol. The molecule has 0 bridgehead atoms. The molecule has 2 heterocycles. The molecule has 0 atom stereocenters. The summed E-state index contributed by atoms with van der Waals surface area (Å²) in [6.07, 6.45) is 3.04. The molecule has 0 aliphatic carbocycles. The zero-order chi connectivity index (χ0) is 14.1. The first-order valence-corrected chi connectivity index (χ1v) is 6.89. The molecule has 2 aromatic rings. The van der Waals surface area contributed by atoms with E-state index in [-0.39, 0.29) is 11.5 Å². The van der Waals surface area contributed by atoms with Crippen molar-refractivity contribution in [1.82, 2.24) is 9.59 Å². The van der Waals surface area contributed by atoms with Crippen molar-refractivity contribution >= 4 is 29.1 Å². The lowest BCUT2D eigenvalue weighted by atomic mass is 9.99. The Morgan fingerprint density at radius 1 is 1.35 bits per heavy atom. The molecule has 0 unspecified atom stereocenters. The summed E-state index contributed by atoms with van der Waals surface area (Å²) in [5, 5.41) is 12.7. The predicted octanol–water partition coefficient (Wildman–Crippen LogP) is 1.83. The van der Waals surface area contributed by atoms with Gasteiger partial charge in [0.1, 0.15) is 4.88 Å². The topological polar surface area (TPSA) is 83.4 Å². The molecule has 102 valence electrons. The number of carboxylic acids is 1. The van der Waals surface area contributed by atoms with E-state index in [0.29, 0.717) is 11.4 Å². The molecule has 20 heavy (non-hydrogen) atoms. The van der Waals surface area contributed by atoms with Gasteiger partial charge in [-0.1, -0.05) is 4.49 Å². The Kier molecular flexibility index (Phi) is 3.19. The number of hydrogen-bond acceptors (Lipinski definition) is 5. The second-order valence-electron chi connectivity index (χ2n) is 4.49. The summed E-state index contributed by atoms with van der Waals surface area (Å²) in [4.78, 5) is 25.5. The lowest BCUT2D eigenvalue weighted by molar-refractivity contribution is 0.0696. The summed E-state index contributed by atoms with van der Waals surface area (Å²) >= 11 is 1.06. The molecule has 1 amide bonds. The minimum Gasteiger partial charge on any atom is -0.478 e. The van der Waals surface area contributed by atoms with E-state index in [9.17, 15) is 9.59 Å². The molecule has 0 fully saturated rings. The highest BCUT2D eigenvalue weighted by Crippen LogP contribution is 2.29. The largest absolute Gasteiger partial charge is 0.478 e. The van der Waals surface area contributed by atoms with Crippen LogP contribution in [0.4, 0.5) is 5.69 Å². The molecular formula is C13H11N3O3S. The van der Waals surface area contributed by atoms with Crippen LogP contribution in [0, 0.1) is 0 Å². The highest BCUT2D eigenvalue weighted by atomic mass is 32.1. The SMILES string of the molecule is O=C(O)c1ccc2c(c1)CCCN2C(=O)c1cnns1. The van der Waals surface area contributed by atoms with Crippen LogP contribution in [0.3, 0.4) is 0 Å². The van der Waals surface area contributed by atoms with E-state index in [1.54, 1.807) is 17.0 Å². The van der Waals surface area contributed by atoms with Crippen LogP contribution in [-0.4, -0.2) is 33.1 Å². The number of benzene rings is 1. The fourth-order valence-electron chi connectivity index (χ4n) is 2.34. The Bertz CT molecular complexity index is 670. The first-order chi connectivity index (χ1) is 9.66. The third kappa shape index (κ3) is 2.16. The Morgan fingerprint density at radius 2 is 2.20 bits per heavy atom. The van der Waals surface area contributed by atoms with Crippen LogP contribution in [0.15, 0.2) is 24.4 Å². The molecule has 7 heteroatoms. The van der Waals surface area contributed by atoms with Crippen LogP contribution in [0.2, 0.25) is 0 Å². The molecule has 1 aliphatic rings. The summed E-state index contributed by atoms with van der Waals surface area (Å²) in [5.41, 5.74) is 1.92. The van der Waals surface area contributed by atoms with Gasteiger partial charge >= 0.3 is 5.97 Å². The summed E-state index contributed by atoms with van der Waals surface area (Å²) in [6.45, 7) is 0.621. The number of anilines is 1. The number of hydrogen-bond donors (Lipinski definition) is 1. The van der Waals surface area contributed by atoms with Crippen molar-refractivity contribution in [3.8, 4) is 0 Å². The van der Waals surface area contributed by atoms with Crippen molar-refractivity contribution in [3.05, 3.63) is 40.4 Å². The number of fused-ring (bicyclic) bond motifs is 1. The Labute approximate surface area is 118 Å². The molecule has 0 spiro atoms. The zero-order valence-corrected chi connectivity index (χ0v) is 11.3. The standard InChI is InChI=1S/C13H11N3O3S/c17-12(11-7-14-15-20-11)16-5-1-2-8-6-9(13(18)19)3-4-10(8)16/h3-4,6-7H,1-2,5H2,(H,18,19). The van der Waals surface area contributed by atoms with Crippen LogP contribution < -0.4 is 4.90 Å². The van der Waals surface area contributed by atoms with Gasteiger partial charge in [-0.05, 0) is 48.1 Å². The lowest BCUT2D eigenvalue weighted by Crippen LogP contribution is -2.35. The number of aryl methyl sites for hydroxylation is 1. The fourth-order valence-corrected chi connectivity index (χ4v) is 2.80. The predicted molar refractivity (Wildman–Crippen MR) is 73.3 cm³/mol. The molecular weight excluding hydrogens is 278 g/mol. The third-order valence-corrected chi connectivity index (χ3v) is 3.91. The maximum absolute atomic E-state index is 12.4. The highest BCUT2D eigenvalue weighted by Gasteiger charge is 2.25. The van der Waals surface area contributed by atoms with Crippen molar-refractivity contribution in [2.75, 3.05) is 11.4 Å². The van der Waals surface area contributed by atoms with E-state index in [4.69, 9.17) is 5.11 Å². The van der Waals surface area contributed by atoms with E-state index in [0.717, 1.165) is 35.6 Å². The minimum atomic E-state index is -0.956. The molecule has 0 radical (unpaired) electrons.